The molecule has 0 radical (unpaired) electrons. The molecule has 2 rings (SSSR count). The molecule has 1 aliphatic rings. The molecule has 1 amide bonds. The van der Waals surface area contributed by atoms with E-state index in [2.05, 4.69) is 5.32 Å². The summed E-state index contributed by atoms with van der Waals surface area (Å²) in [6.07, 6.45) is 0.833. The second-order valence-corrected chi connectivity index (χ2v) is 5.82. The molecule has 0 heterocycles. The van der Waals surface area contributed by atoms with Crippen LogP contribution in [0.2, 0.25) is 0 Å². The van der Waals surface area contributed by atoms with Crippen molar-refractivity contribution >= 4 is 11.9 Å². The monoisotopic (exact) mass is 275 g/mol. The normalized spacial score (nSPS) is 22.4. The molecule has 0 aliphatic heterocycles. The van der Waals surface area contributed by atoms with Crippen molar-refractivity contribution in [2.24, 2.45) is 11.8 Å². The summed E-state index contributed by atoms with van der Waals surface area (Å²) >= 11 is 0. The molecular weight excluding hydrogens is 254 g/mol. The van der Waals surface area contributed by atoms with Crippen LogP contribution >= 0.6 is 0 Å². The summed E-state index contributed by atoms with van der Waals surface area (Å²) < 4.78 is 0. The lowest BCUT2D eigenvalue weighted by molar-refractivity contribution is -0.138. The maximum Gasteiger partial charge on any atom is 0.305 e. The Balaban J connectivity index is 1.91. The van der Waals surface area contributed by atoms with Gasteiger partial charge in [0, 0.05) is 12.0 Å². The van der Waals surface area contributed by atoms with Gasteiger partial charge in [-0.25, -0.2) is 0 Å². The molecular formula is C16H21NO3. The number of carbonyl (C=O) groups excluding carboxylic acids is 1. The standard InChI is InChI=1S/C16H21NO3/c1-10(2)14(9-15(18)19)17-16(20)13-8-12(13)11-6-4-3-5-7-11/h3-7,10,12-14H,8-9H2,1-2H3,(H,17,20)(H,18,19). The first kappa shape index (κ1) is 14.6. The van der Waals surface area contributed by atoms with Crippen molar-refractivity contribution in [3.8, 4) is 0 Å². The van der Waals surface area contributed by atoms with Crippen LogP contribution in [0.25, 0.3) is 0 Å². The molecule has 0 spiro atoms. The third kappa shape index (κ3) is 3.59. The largest absolute Gasteiger partial charge is 0.481 e. The number of benzene rings is 1. The van der Waals surface area contributed by atoms with E-state index < -0.39 is 5.97 Å². The van der Waals surface area contributed by atoms with E-state index >= 15 is 0 Å². The van der Waals surface area contributed by atoms with Gasteiger partial charge in [-0.15, -0.1) is 0 Å². The van der Waals surface area contributed by atoms with Gasteiger partial charge in [-0.05, 0) is 23.8 Å². The van der Waals surface area contributed by atoms with Gasteiger partial charge >= 0.3 is 5.97 Å². The minimum absolute atomic E-state index is 0.00700. The van der Waals surface area contributed by atoms with Gasteiger partial charge in [0.15, 0.2) is 0 Å². The number of hydrogen-bond donors (Lipinski definition) is 2. The Kier molecular flexibility index (Phi) is 4.42. The number of carboxylic acids is 1. The smallest absolute Gasteiger partial charge is 0.305 e. The molecule has 2 N–H and O–H groups in total. The number of carboxylic acid groups (broad SMARTS) is 1. The van der Waals surface area contributed by atoms with Gasteiger partial charge in [0.25, 0.3) is 0 Å². The Morgan fingerprint density at radius 2 is 1.95 bits per heavy atom. The zero-order valence-electron chi connectivity index (χ0n) is 11.9. The molecule has 1 saturated carbocycles. The van der Waals surface area contributed by atoms with Crippen molar-refractivity contribution in [3.63, 3.8) is 0 Å². The van der Waals surface area contributed by atoms with Crippen LogP contribution in [0, 0.1) is 11.8 Å². The van der Waals surface area contributed by atoms with Crippen LogP contribution in [0.15, 0.2) is 30.3 Å². The molecule has 3 unspecified atom stereocenters. The second kappa shape index (κ2) is 6.07. The van der Waals surface area contributed by atoms with E-state index in [0.717, 1.165) is 6.42 Å². The van der Waals surface area contributed by atoms with E-state index in [-0.39, 0.29) is 36.1 Å². The van der Waals surface area contributed by atoms with E-state index in [9.17, 15) is 9.59 Å². The summed E-state index contributed by atoms with van der Waals surface area (Å²) in [4.78, 5) is 23.0. The van der Waals surface area contributed by atoms with Crippen LogP contribution in [-0.4, -0.2) is 23.0 Å². The fourth-order valence-electron chi connectivity index (χ4n) is 2.48. The number of carbonyl (C=O) groups is 2. The summed E-state index contributed by atoms with van der Waals surface area (Å²) in [6, 6.07) is 9.69. The van der Waals surface area contributed by atoms with Gasteiger partial charge in [-0.2, -0.15) is 0 Å². The number of hydrogen-bond acceptors (Lipinski definition) is 2. The zero-order valence-corrected chi connectivity index (χ0v) is 11.9. The minimum atomic E-state index is -0.876. The predicted octanol–water partition coefficient (Wildman–Crippen LogP) is 2.41. The third-order valence-corrected chi connectivity index (χ3v) is 3.88. The van der Waals surface area contributed by atoms with Gasteiger partial charge in [-0.1, -0.05) is 44.2 Å². The number of nitrogens with one attached hydrogen (secondary N) is 1. The van der Waals surface area contributed by atoms with Gasteiger partial charge in [0.1, 0.15) is 0 Å². The zero-order chi connectivity index (χ0) is 14.7. The quantitative estimate of drug-likeness (QED) is 0.837. The lowest BCUT2D eigenvalue weighted by Crippen LogP contribution is -2.41. The summed E-state index contributed by atoms with van der Waals surface area (Å²) in [5.74, 6) is -0.497. The third-order valence-electron chi connectivity index (χ3n) is 3.88. The number of aliphatic carboxylic acids is 1. The number of amides is 1. The van der Waals surface area contributed by atoms with Crippen LogP contribution in [0.1, 0.15) is 38.2 Å². The molecule has 4 heteroatoms. The van der Waals surface area contributed by atoms with Gasteiger partial charge < -0.3 is 10.4 Å². The van der Waals surface area contributed by atoms with Gasteiger partial charge in [-0.3, -0.25) is 9.59 Å². The molecule has 0 aromatic heterocycles. The fourth-order valence-corrected chi connectivity index (χ4v) is 2.48. The Morgan fingerprint density at radius 3 is 2.50 bits per heavy atom. The Bertz CT molecular complexity index is 484. The molecule has 1 aliphatic carbocycles. The van der Waals surface area contributed by atoms with Crippen LogP contribution in [0.4, 0.5) is 0 Å². The molecule has 1 fully saturated rings. The van der Waals surface area contributed by atoms with Crippen LogP contribution in [0.5, 0.6) is 0 Å². The Morgan fingerprint density at radius 1 is 1.30 bits per heavy atom. The van der Waals surface area contributed by atoms with E-state index in [1.807, 2.05) is 44.2 Å². The summed E-state index contributed by atoms with van der Waals surface area (Å²) in [6.45, 7) is 3.85. The van der Waals surface area contributed by atoms with E-state index in [1.165, 1.54) is 5.56 Å². The van der Waals surface area contributed by atoms with Crippen molar-refractivity contribution in [3.05, 3.63) is 35.9 Å². The molecule has 1 aromatic carbocycles. The summed E-state index contributed by atoms with van der Waals surface area (Å²) in [5, 5.41) is 11.8. The van der Waals surface area contributed by atoms with Crippen molar-refractivity contribution < 1.29 is 14.7 Å². The SMILES string of the molecule is CC(C)C(CC(=O)O)NC(=O)C1CC1c1ccccc1. The lowest BCUT2D eigenvalue weighted by atomic mass is 10.0. The molecule has 20 heavy (non-hydrogen) atoms. The van der Waals surface area contributed by atoms with Gasteiger partial charge in [0.05, 0.1) is 6.42 Å². The molecule has 0 bridgehead atoms. The van der Waals surface area contributed by atoms with Crippen molar-refractivity contribution in [1.29, 1.82) is 0 Å². The fraction of sp³-hybridized carbons (Fsp3) is 0.500. The first-order valence-electron chi connectivity index (χ1n) is 7.06. The summed E-state index contributed by atoms with van der Waals surface area (Å²) in [7, 11) is 0. The average molecular weight is 275 g/mol. The predicted molar refractivity (Wildman–Crippen MR) is 76.3 cm³/mol. The molecule has 3 atom stereocenters. The first-order valence-corrected chi connectivity index (χ1v) is 7.06. The second-order valence-electron chi connectivity index (χ2n) is 5.82. The van der Waals surface area contributed by atoms with Crippen molar-refractivity contribution in [1.82, 2.24) is 5.32 Å². The van der Waals surface area contributed by atoms with E-state index in [4.69, 9.17) is 5.11 Å². The molecule has 1 aromatic rings. The highest BCUT2D eigenvalue weighted by molar-refractivity contribution is 5.83. The Labute approximate surface area is 119 Å². The summed E-state index contributed by atoms with van der Waals surface area (Å²) in [5.41, 5.74) is 1.19. The molecule has 4 nitrogen and oxygen atoms in total. The Hall–Kier alpha value is -1.84. The van der Waals surface area contributed by atoms with Crippen LogP contribution < -0.4 is 5.32 Å². The molecule has 0 saturated heterocycles. The van der Waals surface area contributed by atoms with Crippen LogP contribution in [0.3, 0.4) is 0 Å². The maximum atomic E-state index is 12.2. The minimum Gasteiger partial charge on any atom is -0.481 e. The highest BCUT2D eigenvalue weighted by Gasteiger charge is 2.44. The first-order chi connectivity index (χ1) is 9.49. The van der Waals surface area contributed by atoms with Crippen molar-refractivity contribution in [2.45, 2.75) is 38.6 Å². The average Bonchev–Trinajstić information content (AvgIpc) is 3.18. The van der Waals surface area contributed by atoms with Crippen LogP contribution in [-0.2, 0) is 9.59 Å². The van der Waals surface area contributed by atoms with Crippen molar-refractivity contribution in [2.75, 3.05) is 0 Å². The lowest BCUT2D eigenvalue weighted by Gasteiger charge is -2.20. The highest BCUT2D eigenvalue weighted by atomic mass is 16.4. The highest BCUT2D eigenvalue weighted by Crippen LogP contribution is 2.47. The van der Waals surface area contributed by atoms with E-state index in [0.29, 0.717) is 0 Å². The number of rotatable bonds is 6. The van der Waals surface area contributed by atoms with E-state index in [1.54, 1.807) is 0 Å². The topological polar surface area (TPSA) is 66.4 Å². The van der Waals surface area contributed by atoms with Gasteiger partial charge in [0.2, 0.25) is 5.91 Å². The molecule has 108 valence electrons. The maximum absolute atomic E-state index is 12.2.